The third-order valence-electron chi connectivity index (χ3n) is 5.37. The summed E-state index contributed by atoms with van der Waals surface area (Å²) in [4.78, 5) is 28.7. The number of nitrogens with zero attached hydrogens (tertiary/aromatic N) is 2. The lowest BCUT2D eigenvalue weighted by Gasteiger charge is -2.36. The van der Waals surface area contributed by atoms with Gasteiger partial charge in [-0.15, -0.1) is 0 Å². The van der Waals surface area contributed by atoms with E-state index in [1.54, 1.807) is 0 Å². The van der Waals surface area contributed by atoms with Crippen LogP contribution in [0.3, 0.4) is 0 Å². The Morgan fingerprint density at radius 3 is 2.00 bits per heavy atom. The second kappa shape index (κ2) is 7.98. The first-order valence-corrected chi connectivity index (χ1v) is 9.06. The van der Waals surface area contributed by atoms with Crippen LogP contribution >= 0.6 is 0 Å². The zero-order valence-electron chi connectivity index (χ0n) is 14.5. The minimum absolute atomic E-state index is 0.0564. The molecule has 4 nitrogen and oxygen atoms in total. The molecule has 126 valence electrons. The topological polar surface area (TPSA) is 40.6 Å². The minimum Gasteiger partial charge on any atom is -0.343 e. The van der Waals surface area contributed by atoms with Gasteiger partial charge in [0, 0.05) is 38.0 Å². The van der Waals surface area contributed by atoms with E-state index in [0.29, 0.717) is 11.9 Å². The number of hydrogen-bond acceptors (Lipinski definition) is 2. The average Bonchev–Trinajstić information content (AvgIpc) is 2.82. The van der Waals surface area contributed by atoms with E-state index < -0.39 is 0 Å². The molecule has 1 aliphatic carbocycles. The SMILES string of the molecule is CC(C)C(=O)N1CCC(C(=O)N(C)C2CCCCCC2)CC1. The van der Waals surface area contributed by atoms with Crippen molar-refractivity contribution in [1.29, 1.82) is 0 Å². The Morgan fingerprint density at radius 2 is 1.50 bits per heavy atom. The Morgan fingerprint density at radius 1 is 0.955 bits per heavy atom. The van der Waals surface area contributed by atoms with Gasteiger partial charge in [-0.05, 0) is 25.7 Å². The minimum atomic E-state index is 0.0564. The van der Waals surface area contributed by atoms with Crippen molar-refractivity contribution in [2.75, 3.05) is 20.1 Å². The summed E-state index contributed by atoms with van der Waals surface area (Å²) in [6, 6.07) is 0.435. The number of hydrogen-bond donors (Lipinski definition) is 0. The summed E-state index contributed by atoms with van der Waals surface area (Å²) >= 11 is 0. The number of rotatable bonds is 3. The van der Waals surface area contributed by atoms with Gasteiger partial charge in [-0.25, -0.2) is 0 Å². The largest absolute Gasteiger partial charge is 0.343 e. The van der Waals surface area contributed by atoms with Crippen molar-refractivity contribution in [3.63, 3.8) is 0 Å². The molecular formula is C18H32N2O2. The molecule has 22 heavy (non-hydrogen) atoms. The van der Waals surface area contributed by atoms with Gasteiger partial charge in [-0.1, -0.05) is 39.5 Å². The molecule has 1 aliphatic heterocycles. The molecule has 2 fully saturated rings. The molecule has 0 aromatic heterocycles. The van der Waals surface area contributed by atoms with Crippen LogP contribution in [0, 0.1) is 11.8 Å². The second-order valence-electron chi connectivity index (χ2n) is 7.35. The predicted octanol–water partition coefficient (Wildman–Crippen LogP) is 3.06. The monoisotopic (exact) mass is 308 g/mol. The van der Waals surface area contributed by atoms with Gasteiger partial charge in [0.2, 0.25) is 11.8 Å². The molecular weight excluding hydrogens is 276 g/mol. The van der Waals surface area contributed by atoms with Crippen molar-refractivity contribution in [2.45, 2.75) is 71.3 Å². The van der Waals surface area contributed by atoms with E-state index in [1.165, 1.54) is 25.7 Å². The Kier molecular flexibility index (Phi) is 6.27. The number of likely N-dealkylation sites (tertiary alicyclic amines) is 1. The van der Waals surface area contributed by atoms with Crippen LogP contribution in [0.1, 0.15) is 65.2 Å². The molecule has 2 amide bonds. The highest BCUT2D eigenvalue weighted by Crippen LogP contribution is 2.25. The fraction of sp³-hybridized carbons (Fsp3) is 0.889. The maximum Gasteiger partial charge on any atom is 0.225 e. The number of carbonyl (C=O) groups excluding carboxylic acids is 2. The lowest BCUT2D eigenvalue weighted by atomic mass is 9.93. The highest BCUT2D eigenvalue weighted by molar-refractivity contribution is 5.81. The third kappa shape index (κ3) is 4.23. The van der Waals surface area contributed by atoms with Crippen LogP contribution in [0.2, 0.25) is 0 Å². The lowest BCUT2D eigenvalue weighted by molar-refractivity contribution is -0.142. The van der Waals surface area contributed by atoms with Crippen molar-refractivity contribution in [1.82, 2.24) is 9.80 Å². The summed E-state index contributed by atoms with van der Waals surface area (Å²) in [5, 5.41) is 0. The Hall–Kier alpha value is -1.06. The van der Waals surface area contributed by atoms with Gasteiger partial charge in [0.15, 0.2) is 0 Å². The first-order chi connectivity index (χ1) is 10.5. The molecule has 0 unspecified atom stereocenters. The third-order valence-corrected chi connectivity index (χ3v) is 5.37. The van der Waals surface area contributed by atoms with Crippen molar-refractivity contribution in [2.24, 2.45) is 11.8 Å². The van der Waals surface area contributed by atoms with Crippen molar-refractivity contribution in [3.05, 3.63) is 0 Å². The van der Waals surface area contributed by atoms with Gasteiger partial charge >= 0.3 is 0 Å². The van der Waals surface area contributed by atoms with Crippen LogP contribution < -0.4 is 0 Å². The molecule has 0 N–H and O–H groups in total. The van der Waals surface area contributed by atoms with Gasteiger partial charge in [-0.3, -0.25) is 9.59 Å². The zero-order chi connectivity index (χ0) is 16.1. The van der Waals surface area contributed by atoms with Crippen LogP contribution in [0.5, 0.6) is 0 Å². The summed E-state index contributed by atoms with van der Waals surface area (Å²) in [6.45, 7) is 5.37. The molecule has 0 spiro atoms. The summed E-state index contributed by atoms with van der Waals surface area (Å²) in [5.74, 6) is 0.706. The molecule has 1 saturated carbocycles. The van der Waals surface area contributed by atoms with E-state index in [-0.39, 0.29) is 17.7 Å². The molecule has 0 radical (unpaired) electrons. The lowest BCUT2D eigenvalue weighted by Crippen LogP contribution is -2.46. The number of carbonyl (C=O) groups is 2. The van der Waals surface area contributed by atoms with Crippen LogP contribution in [0.15, 0.2) is 0 Å². The summed E-state index contributed by atoms with van der Waals surface area (Å²) in [7, 11) is 1.99. The Labute approximate surface area is 135 Å². The standard InChI is InChI=1S/C18H32N2O2/c1-14(2)17(21)20-12-10-15(11-13-20)18(22)19(3)16-8-6-4-5-7-9-16/h14-16H,4-13H2,1-3H3. The molecule has 2 aliphatic rings. The summed E-state index contributed by atoms with van der Waals surface area (Å²) < 4.78 is 0. The van der Waals surface area contributed by atoms with Crippen LogP contribution in [0.4, 0.5) is 0 Å². The molecule has 0 bridgehead atoms. The zero-order valence-corrected chi connectivity index (χ0v) is 14.5. The maximum absolute atomic E-state index is 12.7. The second-order valence-corrected chi connectivity index (χ2v) is 7.35. The van der Waals surface area contributed by atoms with Crippen LogP contribution in [-0.2, 0) is 9.59 Å². The van der Waals surface area contributed by atoms with Gasteiger partial charge in [0.05, 0.1) is 0 Å². The highest BCUT2D eigenvalue weighted by Gasteiger charge is 2.32. The van der Waals surface area contributed by atoms with Gasteiger partial charge in [0.1, 0.15) is 0 Å². The first-order valence-electron chi connectivity index (χ1n) is 9.06. The van der Waals surface area contributed by atoms with Crippen molar-refractivity contribution < 1.29 is 9.59 Å². The molecule has 0 aromatic rings. The van der Waals surface area contributed by atoms with Crippen LogP contribution in [-0.4, -0.2) is 47.8 Å². The van der Waals surface area contributed by atoms with E-state index in [9.17, 15) is 9.59 Å². The first kappa shape index (κ1) is 17.3. The fourth-order valence-corrected chi connectivity index (χ4v) is 3.83. The van der Waals surface area contributed by atoms with E-state index in [1.807, 2.05) is 30.7 Å². The summed E-state index contributed by atoms with van der Waals surface area (Å²) in [6.07, 6.45) is 9.11. The van der Waals surface area contributed by atoms with Crippen molar-refractivity contribution >= 4 is 11.8 Å². The smallest absolute Gasteiger partial charge is 0.225 e. The number of amides is 2. The quantitative estimate of drug-likeness (QED) is 0.752. The van der Waals surface area contributed by atoms with Crippen molar-refractivity contribution in [3.8, 4) is 0 Å². The van der Waals surface area contributed by atoms with E-state index in [4.69, 9.17) is 0 Å². The van der Waals surface area contributed by atoms with Gasteiger partial charge in [0.25, 0.3) is 0 Å². The van der Waals surface area contributed by atoms with E-state index in [0.717, 1.165) is 38.8 Å². The molecule has 0 atom stereocenters. The maximum atomic E-state index is 12.7. The highest BCUT2D eigenvalue weighted by atomic mass is 16.2. The molecule has 2 rings (SSSR count). The summed E-state index contributed by atoms with van der Waals surface area (Å²) in [5.41, 5.74) is 0. The molecule has 1 heterocycles. The predicted molar refractivity (Wildman–Crippen MR) is 88.4 cm³/mol. The van der Waals surface area contributed by atoms with E-state index in [2.05, 4.69) is 0 Å². The molecule has 0 aromatic carbocycles. The molecule has 1 saturated heterocycles. The van der Waals surface area contributed by atoms with Gasteiger partial charge < -0.3 is 9.80 Å². The van der Waals surface area contributed by atoms with Crippen LogP contribution in [0.25, 0.3) is 0 Å². The normalized spacial score (nSPS) is 21.7. The van der Waals surface area contributed by atoms with Gasteiger partial charge in [-0.2, -0.15) is 0 Å². The Balaban J connectivity index is 1.84. The van der Waals surface area contributed by atoms with E-state index >= 15 is 0 Å². The average molecular weight is 308 g/mol. The number of piperidine rings is 1. The molecule has 4 heteroatoms. The Bertz CT molecular complexity index is 379. The fourth-order valence-electron chi connectivity index (χ4n) is 3.83.